The van der Waals surface area contributed by atoms with Crippen LogP contribution in [0, 0.1) is 11.8 Å². The van der Waals surface area contributed by atoms with Crippen LogP contribution in [0.3, 0.4) is 0 Å². The average molecular weight is 288 g/mol. The number of hydrogen-bond acceptors (Lipinski definition) is 3. The van der Waals surface area contributed by atoms with Crippen molar-refractivity contribution in [2.45, 2.75) is 13.3 Å². The van der Waals surface area contributed by atoms with Crippen LogP contribution in [-0.4, -0.2) is 18.9 Å². The Hall–Kier alpha value is -0.190. The van der Waals surface area contributed by atoms with Gasteiger partial charge in [0.2, 0.25) is 0 Å². The van der Waals surface area contributed by atoms with Gasteiger partial charge in [0.1, 0.15) is 5.78 Å². The van der Waals surface area contributed by atoms with Gasteiger partial charge in [-0.15, -0.1) is 11.3 Å². The van der Waals surface area contributed by atoms with E-state index in [1.807, 2.05) is 11.4 Å². The molecule has 2 unspecified atom stereocenters. The SMILES string of the molecule is CC1CNCC1C(=O)Cc1sccc1Br. The van der Waals surface area contributed by atoms with E-state index in [-0.39, 0.29) is 5.92 Å². The summed E-state index contributed by atoms with van der Waals surface area (Å²) in [7, 11) is 0. The summed E-state index contributed by atoms with van der Waals surface area (Å²) in [6, 6.07) is 2.00. The molecule has 2 nitrogen and oxygen atoms in total. The topological polar surface area (TPSA) is 29.1 Å². The van der Waals surface area contributed by atoms with Gasteiger partial charge in [0, 0.05) is 28.2 Å². The summed E-state index contributed by atoms with van der Waals surface area (Å²) in [5.74, 6) is 1.06. The number of ketones is 1. The molecule has 1 aromatic heterocycles. The third-order valence-electron chi connectivity index (χ3n) is 2.96. The quantitative estimate of drug-likeness (QED) is 0.926. The highest BCUT2D eigenvalue weighted by Gasteiger charge is 2.29. The molecule has 2 rings (SSSR count). The predicted molar refractivity (Wildman–Crippen MR) is 66.3 cm³/mol. The Morgan fingerprint density at radius 3 is 3.00 bits per heavy atom. The Labute approximate surface area is 102 Å². The average Bonchev–Trinajstić information content (AvgIpc) is 2.76. The van der Waals surface area contributed by atoms with Gasteiger partial charge in [0.25, 0.3) is 0 Å². The van der Waals surface area contributed by atoms with E-state index < -0.39 is 0 Å². The van der Waals surface area contributed by atoms with Crippen molar-refractivity contribution in [3.05, 3.63) is 20.8 Å². The molecule has 2 atom stereocenters. The molecule has 0 spiro atoms. The Morgan fingerprint density at radius 2 is 2.47 bits per heavy atom. The highest BCUT2D eigenvalue weighted by molar-refractivity contribution is 9.10. The Bertz CT molecular complexity index is 363. The molecule has 4 heteroatoms. The first-order chi connectivity index (χ1) is 7.18. The minimum atomic E-state index is 0.207. The molecule has 0 saturated carbocycles. The standard InChI is InChI=1S/C11H14BrNOS/c1-7-5-13-6-8(7)10(14)4-11-9(12)2-3-15-11/h2-3,7-8,13H,4-6H2,1H3. The summed E-state index contributed by atoms with van der Waals surface area (Å²) in [6.07, 6.45) is 0.578. The lowest BCUT2D eigenvalue weighted by atomic mass is 9.92. The van der Waals surface area contributed by atoms with Gasteiger partial charge in [0.15, 0.2) is 0 Å². The van der Waals surface area contributed by atoms with Crippen molar-refractivity contribution in [2.24, 2.45) is 11.8 Å². The first-order valence-electron chi connectivity index (χ1n) is 5.14. The minimum Gasteiger partial charge on any atom is -0.316 e. The van der Waals surface area contributed by atoms with Gasteiger partial charge in [0.05, 0.1) is 0 Å². The number of carbonyl (C=O) groups excluding carboxylic acids is 1. The first-order valence-corrected chi connectivity index (χ1v) is 6.81. The highest BCUT2D eigenvalue weighted by atomic mass is 79.9. The number of thiophene rings is 1. The molecular weight excluding hydrogens is 274 g/mol. The Balaban J connectivity index is 2.01. The van der Waals surface area contributed by atoms with Crippen LogP contribution < -0.4 is 5.32 Å². The largest absolute Gasteiger partial charge is 0.316 e. The van der Waals surface area contributed by atoms with Crippen molar-refractivity contribution in [1.29, 1.82) is 0 Å². The molecule has 1 fully saturated rings. The fourth-order valence-corrected chi connectivity index (χ4v) is 3.48. The summed E-state index contributed by atoms with van der Waals surface area (Å²) in [5.41, 5.74) is 0. The molecule has 1 aliphatic rings. The second-order valence-electron chi connectivity index (χ2n) is 4.08. The molecule has 82 valence electrons. The van der Waals surface area contributed by atoms with Crippen molar-refractivity contribution in [3.63, 3.8) is 0 Å². The van der Waals surface area contributed by atoms with Crippen molar-refractivity contribution in [2.75, 3.05) is 13.1 Å². The van der Waals surface area contributed by atoms with Crippen LogP contribution in [-0.2, 0) is 11.2 Å². The number of nitrogens with one attached hydrogen (secondary N) is 1. The molecule has 0 aliphatic carbocycles. The van der Waals surface area contributed by atoms with E-state index in [0.717, 1.165) is 22.4 Å². The highest BCUT2D eigenvalue weighted by Crippen LogP contribution is 2.26. The molecule has 0 amide bonds. The predicted octanol–water partition coefficient (Wildman–Crippen LogP) is 2.48. The summed E-state index contributed by atoms with van der Waals surface area (Å²) < 4.78 is 1.07. The Morgan fingerprint density at radius 1 is 1.67 bits per heavy atom. The van der Waals surface area contributed by atoms with Crippen LogP contribution >= 0.6 is 27.3 Å². The van der Waals surface area contributed by atoms with Gasteiger partial charge in [-0.3, -0.25) is 4.79 Å². The normalized spacial score (nSPS) is 25.7. The van der Waals surface area contributed by atoms with Crippen molar-refractivity contribution in [1.82, 2.24) is 5.32 Å². The minimum absolute atomic E-state index is 0.207. The maximum Gasteiger partial charge on any atom is 0.142 e. The number of rotatable bonds is 3. The van der Waals surface area contributed by atoms with Crippen molar-refractivity contribution < 1.29 is 4.79 Å². The lowest BCUT2D eigenvalue weighted by Crippen LogP contribution is -2.22. The van der Waals surface area contributed by atoms with Crippen molar-refractivity contribution in [3.8, 4) is 0 Å². The Kier molecular flexibility index (Phi) is 3.59. The van der Waals surface area contributed by atoms with Crippen LogP contribution in [0.1, 0.15) is 11.8 Å². The molecule has 1 aliphatic heterocycles. The fourth-order valence-electron chi connectivity index (χ4n) is 1.98. The van der Waals surface area contributed by atoms with Crippen LogP contribution in [0.5, 0.6) is 0 Å². The summed E-state index contributed by atoms with van der Waals surface area (Å²) in [4.78, 5) is 13.2. The first kappa shape index (κ1) is 11.3. The van der Waals surface area contributed by atoms with E-state index in [4.69, 9.17) is 0 Å². The molecule has 1 saturated heterocycles. The second kappa shape index (κ2) is 4.76. The van der Waals surface area contributed by atoms with Gasteiger partial charge in [-0.1, -0.05) is 6.92 Å². The zero-order valence-corrected chi connectivity index (χ0v) is 11.0. The summed E-state index contributed by atoms with van der Waals surface area (Å²) >= 11 is 5.11. The maximum atomic E-state index is 12.0. The van der Waals surface area contributed by atoms with E-state index in [2.05, 4.69) is 28.2 Å². The van der Waals surface area contributed by atoms with Crippen LogP contribution in [0.25, 0.3) is 0 Å². The number of Topliss-reactive ketones (excluding diaryl/α,β-unsaturated/α-hetero) is 1. The molecular formula is C11H14BrNOS. The van der Waals surface area contributed by atoms with Gasteiger partial charge in [-0.2, -0.15) is 0 Å². The van der Waals surface area contributed by atoms with Gasteiger partial charge in [-0.25, -0.2) is 0 Å². The summed E-state index contributed by atoms with van der Waals surface area (Å²) in [6.45, 7) is 3.97. The third kappa shape index (κ3) is 2.49. The smallest absolute Gasteiger partial charge is 0.142 e. The number of hydrogen-bond donors (Lipinski definition) is 1. The lowest BCUT2D eigenvalue weighted by Gasteiger charge is -2.11. The van der Waals surface area contributed by atoms with Gasteiger partial charge < -0.3 is 5.32 Å². The molecule has 1 aromatic rings. The molecule has 15 heavy (non-hydrogen) atoms. The summed E-state index contributed by atoms with van der Waals surface area (Å²) in [5, 5.41) is 5.28. The van der Waals surface area contributed by atoms with Crippen LogP contribution in [0.2, 0.25) is 0 Å². The number of halogens is 1. The van der Waals surface area contributed by atoms with Gasteiger partial charge in [-0.05, 0) is 39.8 Å². The van der Waals surface area contributed by atoms with E-state index in [1.165, 1.54) is 0 Å². The van der Waals surface area contributed by atoms with E-state index in [1.54, 1.807) is 11.3 Å². The van der Waals surface area contributed by atoms with E-state index in [9.17, 15) is 4.79 Å². The van der Waals surface area contributed by atoms with Crippen LogP contribution in [0.4, 0.5) is 0 Å². The van der Waals surface area contributed by atoms with E-state index in [0.29, 0.717) is 18.1 Å². The second-order valence-corrected chi connectivity index (χ2v) is 5.93. The fraction of sp³-hybridized carbons (Fsp3) is 0.545. The molecule has 0 bridgehead atoms. The lowest BCUT2D eigenvalue weighted by molar-refractivity contribution is -0.122. The third-order valence-corrected chi connectivity index (χ3v) is 4.88. The van der Waals surface area contributed by atoms with E-state index >= 15 is 0 Å². The maximum absolute atomic E-state index is 12.0. The molecule has 0 radical (unpaired) electrons. The molecule has 1 N–H and O–H groups in total. The zero-order chi connectivity index (χ0) is 10.8. The monoisotopic (exact) mass is 287 g/mol. The molecule has 2 heterocycles. The van der Waals surface area contributed by atoms with Gasteiger partial charge >= 0.3 is 0 Å². The molecule has 0 aromatic carbocycles. The van der Waals surface area contributed by atoms with Crippen molar-refractivity contribution >= 4 is 33.0 Å². The van der Waals surface area contributed by atoms with Crippen LogP contribution in [0.15, 0.2) is 15.9 Å². The number of carbonyl (C=O) groups is 1. The zero-order valence-electron chi connectivity index (χ0n) is 8.63.